The summed E-state index contributed by atoms with van der Waals surface area (Å²) in [7, 11) is 1.68. The van der Waals surface area contributed by atoms with Gasteiger partial charge in [0.15, 0.2) is 0 Å². The van der Waals surface area contributed by atoms with Crippen LogP contribution in [-0.2, 0) is 0 Å². The van der Waals surface area contributed by atoms with Gasteiger partial charge in [-0.05, 0) is 24.6 Å². The number of benzene rings is 2. The van der Waals surface area contributed by atoms with Gasteiger partial charge in [-0.3, -0.25) is 0 Å². The topological polar surface area (TPSA) is 9.23 Å². The summed E-state index contributed by atoms with van der Waals surface area (Å²) in [6, 6.07) is 17.2. The van der Waals surface area contributed by atoms with Crippen LogP contribution < -0.4 is 4.74 Å². The van der Waals surface area contributed by atoms with Gasteiger partial charge >= 0.3 is 0 Å². The molecule has 1 radical (unpaired) electrons. The summed E-state index contributed by atoms with van der Waals surface area (Å²) in [5.74, 6) is 0.864. The highest BCUT2D eigenvalue weighted by molar-refractivity contribution is 5.70. The molecule has 0 bridgehead atoms. The molecule has 0 spiro atoms. The zero-order valence-electron chi connectivity index (χ0n) is 8.95. The molecule has 0 atom stereocenters. The summed E-state index contributed by atoms with van der Waals surface area (Å²) in [5, 5.41) is 0. The van der Waals surface area contributed by atoms with E-state index in [1.54, 1.807) is 7.11 Å². The van der Waals surface area contributed by atoms with Gasteiger partial charge in [0, 0.05) is 5.56 Å². The van der Waals surface area contributed by atoms with Gasteiger partial charge in [0.05, 0.1) is 7.11 Å². The van der Waals surface area contributed by atoms with Gasteiger partial charge < -0.3 is 4.74 Å². The maximum absolute atomic E-state index is 5.31. The number of rotatable bonds is 2. The number of methoxy groups -OCH3 is 1. The Morgan fingerprint density at radius 2 is 2.07 bits per heavy atom. The van der Waals surface area contributed by atoms with Gasteiger partial charge in [-0.2, -0.15) is 0 Å². The highest BCUT2D eigenvalue weighted by atomic mass is 16.5. The van der Waals surface area contributed by atoms with Crippen molar-refractivity contribution in [3.05, 3.63) is 54.1 Å². The van der Waals surface area contributed by atoms with Crippen molar-refractivity contribution >= 4 is 0 Å². The fourth-order valence-electron chi connectivity index (χ4n) is 1.64. The highest BCUT2D eigenvalue weighted by Gasteiger charge is 2.03. The molecule has 0 aliphatic rings. The zero-order chi connectivity index (χ0) is 10.7. The molecule has 0 amide bonds. The first-order valence-corrected chi connectivity index (χ1v) is 4.92. The normalized spacial score (nSPS) is 10.0. The molecule has 75 valence electrons. The number of hydrogen-bond donors (Lipinski definition) is 0. The van der Waals surface area contributed by atoms with Gasteiger partial charge in [0.1, 0.15) is 5.75 Å². The standard InChI is InChI=1S/C14H13O/c1-11-6-5-7-12(10-11)13-8-3-4-9-14(13)15-2/h3,5-10H,1-2H3. The van der Waals surface area contributed by atoms with Crippen molar-refractivity contribution in [1.82, 2.24) is 0 Å². The molecule has 0 N–H and O–H groups in total. The Morgan fingerprint density at radius 3 is 2.80 bits per heavy atom. The molecular formula is C14H13O. The van der Waals surface area contributed by atoms with Crippen molar-refractivity contribution in [2.75, 3.05) is 7.11 Å². The quantitative estimate of drug-likeness (QED) is 0.716. The fourth-order valence-corrected chi connectivity index (χ4v) is 1.64. The lowest BCUT2D eigenvalue weighted by atomic mass is 10.0. The first-order chi connectivity index (χ1) is 7.31. The SMILES string of the molecule is COc1c[c]ccc1-c1cccc(C)c1. The molecule has 0 aromatic heterocycles. The number of hydrogen-bond acceptors (Lipinski definition) is 1. The van der Waals surface area contributed by atoms with Crippen LogP contribution in [0.25, 0.3) is 11.1 Å². The van der Waals surface area contributed by atoms with Crippen molar-refractivity contribution in [2.24, 2.45) is 0 Å². The van der Waals surface area contributed by atoms with E-state index in [9.17, 15) is 0 Å². The second-order valence-electron chi connectivity index (χ2n) is 3.50. The van der Waals surface area contributed by atoms with E-state index in [1.165, 1.54) is 11.1 Å². The third-order valence-electron chi connectivity index (χ3n) is 2.38. The fraction of sp³-hybridized carbons (Fsp3) is 0.143. The summed E-state index contributed by atoms with van der Waals surface area (Å²) in [6.07, 6.45) is 0. The Bertz CT molecular complexity index is 460. The van der Waals surface area contributed by atoms with Crippen LogP contribution in [0.4, 0.5) is 0 Å². The maximum Gasteiger partial charge on any atom is 0.127 e. The highest BCUT2D eigenvalue weighted by Crippen LogP contribution is 2.29. The van der Waals surface area contributed by atoms with E-state index in [1.807, 2.05) is 18.2 Å². The summed E-state index contributed by atoms with van der Waals surface area (Å²) < 4.78 is 5.31. The van der Waals surface area contributed by atoms with Crippen LogP contribution in [0.1, 0.15) is 5.56 Å². The average molecular weight is 197 g/mol. The van der Waals surface area contributed by atoms with E-state index in [0.29, 0.717) is 0 Å². The zero-order valence-corrected chi connectivity index (χ0v) is 8.95. The van der Waals surface area contributed by atoms with Crippen LogP contribution in [-0.4, -0.2) is 7.11 Å². The van der Waals surface area contributed by atoms with Crippen molar-refractivity contribution in [3.63, 3.8) is 0 Å². The molecule has 2 aromatic carbocycles. The van der Waals surface area contributed by atoms with Crippen molar-refractivity contribution < 1.29 is 4.74 Å². The third kappa shape index (κ3) is 2.01. The Hall–Kier alpha value is -1.76. The van der Waals surface area contributed by atoms with Crippen molar-refractivity contribution in [2.45, 2.75) is 6.92 Å². The predicted molar refractivity (Wildman–Crippen MR) is 62.0 cm³/mol. The lowest BCUT2D eigenvalue weighted by Crippen LogP contribution is -1.87. The van der Waals surface area contributed by atoms with Crippen molar-refractivity contribution in [1.29, 1.82) is 0 Å². The largest absolute Gasteiger partial charge is 0.496 e. The van der Waals surface area contributed by atoms with Gasteiger partial charge in [-0.1, -0.05) is 42.0 Å². The molecule has 0 aliphatic carbocycles. The number of ether oxygens (including phenoxy) is 1. The van der Waals surface area contributed by atoms with Gasteiger partial charge in [-0.15, -0.1) is 0 Å². The molecule has 0 fully saturated rings. The van der Waals surface area contributed by atoms with Crippen molar-refractivity contribution in [3.8, 4) is 16.9 Å². The minimum absolute atomic E-state index is 0.864. The smallest absolute Gasteiger partial charge is 0.127 e. The first kappa shape index (κ1) is 9.78. The minimum atomic E-state index is 0.864. The van der Waals surface area contributed by atoms with Gasteiger partial charge in [0.25, 0.3) is 0 Å². The predicted octanol–water partition coefficient (Wildman–Crippen LogP) is 3.47. The lowest BCUT2D eigenvalue weighted by molar-refractivity contribution is 0.416. The summed E-state index contributed by atoms with van der Waals surface area (Å²) in [5.41, 5.74) is 3.54. The lowest BCUT2D eigenvalue weighted by Gasteiger charge is -2.08. The average Bonchev–Trinajstić information content (AvgIpc) is 2.29. The van der Waals surface area contributed by atoms with Crippen LogP contribution in [0.15, 0.2) is 42.5 Å². The molecule has 1 heteroatoms. The molecule has 0 unspecified atom stereocenters. The van der Waals surface area contributed by atoms with Gasteiger partial charge in [-0.25, -0.2) is 0 Å². The van der Waals surface area contributed by atoms with E-state index in [2.05, 4.69) is 37.3 Å². The summed E-state index contributed by atoms with van der Waals surface area (Å²) in [6.45, 7) is 2.09. The molecular weight excluding hydrogens is 184 g/mol. The monoisotopic (exact) mass is 197 g/mol. The first-order valence-electron chi connectivity index (χ1n) is 4.92. The molecule has 2 rings (SSSR count). The molecule has 0 saturated carbocycles. The van der Waals surface area contributed by atoms with Gasteiger partial charge in [0.2, 0.25) is 0 Å². The van der Waals surface area contributed by atoms with E-state index in [-0.39, 0.29) is 0 Å². The second kappa shape index (κ2) is 4.18. The molecule has 15 heavy (non-hydrogen) atoms. The second-order valence-corrected chi connectivity index (χ2v) is 3.50. The van der Waals surface area contributed by atoms with Crippen LogP contribution in [0.3, 0.4) is 0 Å². The van der Waals surface area contributed by atoms with E-state index >= 15 is 0 Å². The molecule has 1 nitrogen and oxygen atoms in total. The Kier molecular flexibility index (Phi) is 2.72. The molecule has 0 saturated heterocycles. The van der Waals surface area contributed by atoms with Crippen LogP contribution in [0.5, 0.6) is 5.75 Å². The Balaban J connectivity index is 2.53. The van der Waals surface area contributed by atoms with Crippen LogP contribution >= 0.6 is 0 Å². The molecule has 0 aliphatic heterocycles. The van der Waals surface area contributed by atoms with Crippen LogP contribution in [0, 0.1) is 13.0 Å². The van der Waals surface area contributed by atoms with E-state index < -0.39 is 0 Å². The van der Waals surface area contributed by atoms with E-state index in [4.69, 9.17) is 4.74 Å². The summed E-state index contributed by atoms with van der Waals surface area (Å²) in [4.78, 5) is 0. The number of aryl methyl sites for hydroxylation is 1. The Morgan fingerprint density at radius 1 is 1.20 bits per heavy atom. The molecule has 0 heterocycles. The minimum Gasteiger partial charge on any atom is -0.496 e. The Labute approximate surface area is 90.3 Å². The third-order valence-corrected chi connectivity index (χ3v) is 2.38. The molecule has 2 aromatic rings. The van der Waals surface area contributed by atoms with E-state index in [0.717, 1.165) is 11.3 Å². The van der Waals surface area contributed by atoms with Crippen LogP contribution in [0.2, 0.25) is 0 Å². The summed E-state index contributed by atoms with van der Waals surface area (Å²) >= 11 is 0. The maximum atomic E-state index is 5.31.